The van der Waals surface area contributed by atoms with Gasteiger partial charge in [0.1, 0.15) is 0 Å². The molecule has 0 amide bonds. The molecule has 0 aromatic heterocycles. The normalized spacial score (nSPS) is 14.5. The molecule has 0 saturated heterocycles. The van der Waals surface area contributed by atoms with Gasteiger partial charge in [0.2, 0.25) is 0 Å². The van der Waals surface area contributed by atoms with Crippen LogP contribution in [0.3, 0.4) is 0 Å². The topological polar surface area (TPSA) is 0 Å². The Morgan fingerprint density at radius 2 is 2.50 bits per heavy atom. The van der Waals surface area contributed by atoms with Crippen LogP contribution in [0.15, 0.2) is 24.3 Å². The first-order valence-electron chi connectivity index (χ1n) is 2.88. The number of hydrogen-bond donors (Lipinski definition) is 0. The molecule has 1 aliphatic rings. The molecule has 0 nitrogen and oxygen atoms in total. The van der Waals surface area contributed by atoms with Crippen molar-refractivity contribution in [3.8, 4) is 0 Å². The van der Waals surface area contributed by atoms with Gasteiger partial charge >= 0.3 is 0 Å². The predicted octanol–water partition coefficient (Wildman–Crippen LogP) is 1.97. The van der Waals surface area contributed by atoms with Gasteiger partial charge in [-0.05, 0) is 0 Å². The van der Waals surface area contributed by atoms with E-state index in [1.165, 1.54) is 11.1 Å². The van der Waals surface area contributed by atoms with Gasteiger partial charge in [-0.15, -0.1) is 23.3 Å². The van der Waals surface area contributed by atoms with E-state index in [0.717, 1.165) is 6.42 Å². The third-order valence-corrected chi connectivity index (χ3v) is 1.58. The van der Waals surface area contributed by atoms with Crippen LogP contribution in [-0.4, -0.2) is 0 Å². The zero-order valence-electron chi connectivity index (χ0n) is 4.59. The van der Waals surface area contributed by atoms with Gasteiger partial charge < -0.3 is 0 Å². The molecule has 1 aromatic carbocycles. The molecule has 1 aromatic rings. The minimum absolute atomic E-state index is 1.14. The summed E-state index contributed by atoms with van der Waals surface area (Å²) < 4.78 is 0. The first-order valence-corrected chi connectivity index (χ1v) is 2.88. The van der Waals surface area contributed by atoms with Gasteiger partial charge in [0, 0.05) is 0 Å². The largest absolute Gasteiger partial charge is 0.174 e. The number of hydrogen-bond acceptors (Lipinski definition) is 0. The standard InChI is InChI=1S/C8H7/c1-3-7-5-2-6-8(7)4-1/h1-5H,6H2/q-1. The van der Waals surface area contributed by atoms with E-state index >= 15 is 0 Å². The van der Waals surface area contributed by atoms with Crippen LogP contribution in [0.2, 0.25) is 0 Å². The van der Waals surface area contributed by atoms with Crippen LogP contribution in [-0.2, 0) is 6.42 Å². The fourth-order valence-corrected chi connectivity index (χ4v) is 1.13. The van der Waals surface area contributed by atoms with Crippen molar-refractivity contribution in [3.63, 3.8) is 0 Å². The van der Waals surface area contributed by atoms with Gasteiger partial charge in [0.05, 0.1) is 0 Å². The van der Waals surface area contributed by atoms with Crippen LogP contribution in [0.1, 0.15) is 11.1 Å². The molecule has 40 valence electrons. The molecule has 0 unspecified atom stereocenters. The fraction of sp³-hybridized carbons (Fsp3) is 0.125. The van der Waals surface area contributed by atoms with Crippen LogP contribution < -0.4 is 0 Å². The van der Waals surface area contributed by atoms with Crippen LogP contribution in [0.25, 0.3) is 6.08 Å². The second kappa shape index (κ2) is 1.28. The number of fused-ring (bicyclic) bond motifs is 1. The molecule has 0 aliphatic heterocycles. The molecule has 0 bridgehead atoms. The van der Waals surface area contributed by atoms with Gasteiger partial charge in [-0.2, -0.15) is 18.2 Å². The molecule has 0 heterocycles. The molecule has 0 saturated carbocycles. The fourth-order valence-electron chi connectivity index (χ4n) is 1.13. The lowest BCUT2D eigenvalue weighted by Crippen LogP contribution is -1.67. The second-order valence-corrected chi connectivity index (χ2v) is 2.11. The predicted molar refractivity (Wildman–Crippen MR) is 34.8 cm³/mol. The Morgan fingerprint density at radius 1 is 1.50 bits per heavy atom. The monoisotopic (exact) mass is 103 g/mol. The zero-order valence-corrected chi connectivity index (χ0v) is 4.59. The molecular formula is C8H7-. The van der Waals surface area contributed by atoms with Crippen LogP contribution in [0.5, 0.6) is 0 Å². The summed E-state index contributed by atoms with van der Waals surface area (Å²) in [6.45, 7) is 0. The lowest BCUT2D eigenvalue weighted by atomic mass is 10.2. The summed E-state index contributed by atoms with van der Waals surface area (Å²) >= 11 is 0. The highest BCUT2D eigenvalue weighted by Gasteiger charge is 1.92. The summed E-state index contributed by atoms with van der Waals surface area (Å²) in [4.78, 5) is 0. The van der Waals surface area contributed by atoms with Gasteiger partial charge in [-0.3, -0.25) is 0 Å². The first-order chi connectivity index (χ1) is 3.97. The molecule has 1 aliphatic carbocycles. The highest BCUT2D eigenvalue weighted by Crippen LogP contribution is 2.18. The van der Waals surface area contributed by atoms with Gasteiger partial charge in [0.25, 0.3) is 0 Å². The summed E-state index contributed by atoms with van der Waals surface area (Å²) in [5.74, 6) is 0. The van der Waals surface area contributed by atoms with Crippen LogP contribution >= 0.6 is 0 Å². The maximum atomic E-state index is 2.20. The Labute approximate surface area is 48.8 Å². The Hall–Kier alpha value is -0.910. The summed E-state index contributed by atoms with van der Waals surface area (Å²) in [6, 6.07) is 6.43. The van der Waals surface area contributed by atoms with Gasteiger partial charge in [-0.25, -0.2) is 0 Å². The van der Waals surface area contributed by atoms with Crippen molar-refractivity contribution in [3.05, 3.63) is 35.4 Å². The summed E-state index contributed by atoms with van der Waals surface area (Å²) in [5, 5.41) is 0. The van der Waals surface area contributed by atoms with E-state index in [0.29, 0.717) is 0 Å². The van der Waals surface area contributed by atoms with E-state index in [-0.39, 0.29) is 0 Å². The van der Waals surface area contributed by atoms with Crippen molar-refractivity contribution in [2.24, 2.45) is 0 Å². The van der Waals surface area contributed by atoms with Crippen molar-refractivity contribution in [2.75, 3.05) is 0 Å². The van der Waals surface area contributed by atoms with E-state index < -0.39 is 0 Å². The Kier molecular flexibility index (Phi) is 0.644. The SMILES string of the molecule is C1=C[c-]2cccc2C1. The Morgan fingerprint density at radius 3 is 3.38 bits per heavy atom. The number of rotatable bonds is 0. The van der Waals surface area contributed by atoms with Crippen molar-refractivity contribution in [1.82, 2.24) is 0 Å². The average Bonchev–Trinajstić information content (AvgIpc) is 2.15. The Balaban J connectivity index is 2.67. The third kappa shape index (κ3) is 0.374. The third-order valence-electron chi connectivity index (χ3n) is 1.58. The van der Waals surface area contributed by atoms with Crippen LogP contribution in [0.4, 0.5) is 0 Å². The maximum Gasteiger partial charge on any atom is -0.0605 e. The number of allylic oxidation sites excluding steroid dienone is 1. The summed E-state index contributed by atoms with van der Waals surface area (Å²) in [7, 11) is 0. The van der Waals surface area contributed by atoms with E-state index in [1.807, 2.05) is 0 Å². The molecular weight excluding hydrogens is 96.1 g/mol. The second-order valence-electron chi connectivity index (χ2n) is 2.11. The van der Waals surface area contributed by atoms with E-state index in [9.17, 15) is 0 Å². The average molecular weight is 103 g/mol. The van der Waals surface area contributed by atoms with Crippen molar-refractivity contribution >= 4 is 6.08 Å². The molecule has 2 rings (SSSR count). The van der Waals surface area contributed by atoms with E-state index in [4.69, 9.17) is 0 Å². The molecule has 0 atom stereocenters. The highest BCUT2D eigenvalue weighted by molar-refractivity contribution is 5.60. The van der Waals surface area contributed by atoms with Crippen molar-refractivity contribution in [2.45, 2.75) is 6.42 Å². The maximum absolute atomic E-state index is 2.20. The van der Waals surface area contributed by atoms with Gasteiger partial charge in [-0.1, -0.05) is 6.42 Å². The minimum Gasteiger partial charge on any atom is -0.174 e. The minimum atomic E-state index is 1.14. The molecule has 0 radical (unpaired) electrons. The van der Waals surface area contributed by atoms with E-state index in [2.05, 4.69) is 30.4 Å². The van der Waals surface area contributed by atoms with Gasteiger partial charge in [0.15, 0.2) is 0 Å². The van der Waals surface area contributed by atoms with E-state index in [1.54, 1.807) is 0 Å². The molecule has 0 fully saturated rings. The zero-order chi connectivity index (χ0) is 5.40. The van der Waals surface area contributed by atoms with Crippen molar-refractivity contribution < 1.29 is 0 Å². The molecule has 8 heavy (non-hydrogen) atoms. The summed E-state index contributed by atoms with van der Waals surface area (Å²) in [5.41, 5.74) is 2.88. The smallest absolute Gasteiger partial charge is 0.0605 e. The molecule has 0 heteroatoms. The Bertz CT molecular complexity index is 216. The molecule has 0 N–H and O–H groups in total. The highest BCUT2D eigenvalue weighted by atomic mass is 14.1. The summed E-state index contributed by atoms with van der Waals surface area (Å²) in [6.07, 6.45) is 5.52. The van der Waals surface area contributed by atoms with Crippen LogP contribution in [0, 0.1) is 0 Å². The molecule has 0 spiro atoms. The lowest BCUT2D eigenvalue weighted by Gasteiger charge is -1.90. The van der Waals surface area contributed by atoms with Crippen molar-refractivity contribution in [1.29, 1.82) is 0 Å². The first kappa shape index (κ1) is 4.02. The quantitative estimate of drug-likeness (QED) is 0.440. The lowest BCUT2D eigenvalue weighted by molar-refractivity contribution is 1.34.